The number of hydrogen-bond acceptors (Lipinski definition) is 4. The lowest BCUT2D eigenvalue weighted by molar-refractivity contribution is 0.415. The Bertz CT molecular complexity index is 812. The lowest BCUT2D eigenvalue weighted by Crippen LogP contribution is -2.01. The molecule has 0 aliphatic heterocycles. The molecule has 0 aliphatic carbocycles. The topological polar surface area (TPSA) is 76.9 Å². The maximum Gasteiger partial charge on any atom is 0.135 e. The van der Waals surface area contributed by atoms with Gasteiger partial charge in [0.25, 0.3) is 0 Å². The van der Waals surface area contributed by atoms with Crippen molar-refractivity contribution in [2.75, 3.05) is 12.8 Å². The fourth-order valence-corrected chi connectivity index (χ4v) is 2.08. The molecular weight excluding hydrogens is 252 g/mol. The van der Waals surface area contributed by atoms with Crippen molar-refractivity contribution in [1.29, 1.82) is 5.26 Å². The van der Waals surface area contributed by atoms with Gasteiger partial charge < -0.3 is 10.5 Å². The molecule has 0 unspecified atom stereocenters. The largest absolute Gasteiger partial charge is 0.497 e. The first-order valence-electron chi connectivity index (χ1n) is 6.05. The van der Waals surface area contributed by atoms with Gasteiger partial charge in [0.05, 0.1) is 29.9 Å². The third-order valence-electron chi connectivity index (χ3n) is 3.16. The highest BCUT2D eigenvalue weighted by atomic mass is 16.5. The number of nitriles is 1. The van der Waals surface area contributed by atoms with E-state index in [1.165, 1.54) is 0 Å². The number of fused-ring (bicyclic) bond motifs is 1. The van der Waals surface area contributed by atoms with Crippen LogP contribution in [0.15, 0.2) is 42.5 Å². The molecule has 0 bridgehead atoms. The number of ether oxygens (including phenoxy) is 1. The van der Waals surface area contributed by atoms with E-state index >= 15 is 0 Å². The van der Waals surface area contributed by atoms with Crippen molar-refractivity contribution in [1.82, 2.24) is 9.78 Å². The molecule has 0 fully saturated rings. The Hall–Kier alpha value is -3.00. The van der Waals surface area contributed by atoms with Gasteiger partial charge in [-0.2, -0.15) is 10.4 Å². The number of nitrogen functional groups attached to an aromatic ring is 1. The molecule has 2 N–H and O–H groups in total. The van der Waals surface area contributed by atoms with Crippen molar-refractivity contribution < 1.29 is 4.74 Å². The molecule has 0 aliphatic rings. The molecule has 0 saturated heterocycles. The number of nitrogens with zero attached hydrogens (tertiary/aromatic N) is 3. The van der Waals surface area contributed by atoms with Gasteiger partial charge in [0.2, 0.25) is 0 Å². The molecule has 98 valence electrons. The van der Waals surface area contributed by atoms with Gasteiger partial charge in [-0.1, -0.05) is 0 Å². The van der Waals surface area contributed by atoms with Gasteiger partial charge in [0.1, 0.15) is 11.6 Å². The molecule has 2 aromatic carbocycles. The van der Waals surface area contributed by atoms with Crippen molar-refractivity contribution in [2.24, 2.45) is 0 Å². The van der Waals surface area contributed by atoms with E-state index in [1.54, 1.807) is 23.9 Å². The van der Waals surface area contributed by atoms with Crippen LogP contribution in [0.4, 0.5) is 5.82 Å². The number of anilines is 1. The van der Waals surface area contributed by atoms with Crippen LogP contribution < -0.4 is 10.5 Å². The Morgan fingerprint density at radius 2 is 1.95 bits per heavy atom. The summed E-state index contributed by atoms with van der Waals surface area (Å²) in [5.41, 5.74) is 8.36. The number of nitrogens with two attached hydrogens (primary N) is 1. The first kappa shape index (κ1) is 12.1. The lowest BCUT2D eigenvalue weighted by atomic mass is 10.2. The second-order valence-electron chi connectivity index (χ2n) is 4.34. The maximum absolute atomic E-state index is 8.81. The molecule has 1 aromatic heterocycles. The zero-order valence-electron chi connectivity index (χ0n) is 10.9. The van der Waals surface area contributed by atoms with Crippen molar-refractivity contribution in [3.8, 4) is 17.5 Å². The van der Waals surface area contributed by atoms with Crippen LogP contribution in [0, 0.1) is 11.3 Å². The summed E-state index contributed by atoms with van der Waals surface area (Å²) in [6, 6.07) is 14.8. The van der Waals surface area contributed by atoms with Crippen molar-refractivity contribution >= 4 is 16.7 Å². The average Bonchev–Trinajstić information content (AvgIpc) is 2.84. The van der Waals surface area contributed by atoms with E-state index < -0.39 is 0 Å². The van der Waals surface area contributed by atoms with Gasteiger partial charge in [-0.3, -0.25) is 0 Å². The predicted molar refractivity (Wildman–Crippen MR) is 76.7 cm³/mol. The van der Waals surface area contributed by atoms with Crippen molar-refractivity contribution in [3.63, 3.8) is 0 Å². The van der Waals surface area contributed by atoms with Crippen LogP contribution >= 0.6 is 0 Å². The summed E-state index contributed by atoms with van der Waals surface area (Å²) in [6.45, 7) is 0. The maximum atomic E-state index is 8.81. The molecule has 0 spiro atoms. The van der Waals surface area contributed by atoms with Gasteiger partial charge >= 0.3 is 0 Å². The smallest absolute Gasteiger partial charge is 0.135 e. The van der Waals surface area contributed by atoms with Gasteiger partial charge in [0, 0.05) is 5.39 Å². The van der Waals surface area contributed by atoms with Crippen LogP contribution in [-0.4, -0.2) is 16.9 Å². The Labute approximate surface area is 115 Å². The minimum Gasteiger partial charge on any atom is -0.497 e. The molecule has 3 rings (SSSR count). The van der Waals surface area contributed by atoms with Crippen LogP contribution in [0.1, 0.15) is 5.56 Å². The fraction of sp³-hybridized carbons (Fsp3) is 0.0667. The number of benzene rings is 2. The summed E-state index contributed by atoms with van der Waals surface area (Å²) in [5, 5.41) is 14.1. The second kappa shape index (κ2) is 4.59. The summed E-state index contributed by atoms with van der Waals surface area (Å²) < 4.78 is 6.85. The molecule has 3 aromatic rings. The Balaban J connectivity index is 2.16. The molecule has 5 nitrogen and oxygen atoms in total. The fourth-order valence-electron chi connectivity index (χ4n) is 2.08. The minimum atomic E-state index is 0.545. The monoisotopic (exact) mass is 264 g/mol. The average molecular weight is 264 g/mol. The lowest BCUT2D eigenvalue weighted by Gasteiger charge is -2.03. The van der Waals surface area contributed by atoms with Gasteiger partial charge in [0.15, 0.2) is 0 Å². The van der Waals surface area contributed by atoms with E-state index in [0.29, 0.717) is 11.4 Å². The molecular formula is C15H12N4O. The van der Waals surface area contributed by atoms with Gasteiger partial charge in [-0.05, 0) is 42.5 Å². The Morgan fingerprint density at radius 1 is 1.20 bits per heavy atom. The predicted octanol–water partition coefficient (Wildman–Crippen LogP) is 2.49. The molecule has 0 amide bonds. The van der Waals surface area contributed by atoms with E-state index in [2.05, 4.69) is 11.2 Å². The van der Waals surface area contributed by atoms with E-state index in [9.17, 15) is 0 Å². The van der Waals surface area contributed by atoms with E-state index in [1.807, 2.05) is 30.3 Å². The summed E-state index contributed by atoms with van der Waals surface area (Å²) in [5.74, 6) is 1.28. The van der Waals surface area contributed by atoms with Gasteiger partial charge in [-0.25, -0.2) is 4.68 Å². The number of hydrogen-bond donors (Lipinski definition) is 1. The zero-order chi connectivity index (χ0) is 14.1. The van der Waals surface area contributed by atoms with Crippen molar-refractivity contribution in [3.05, 3.63) is 48.0 Å². The summed E-state index contributed by atoms with van der Waals surface area (Å²) >= 11 is 0. The Kier molecular flexibility index (Phi) is 2.77. The summed E-state index contributed by atoms with van der Waals surface area (Å²) in [7, 11) is 1.61. The normalized spacial score (nSPS) is 10.4. The first-order valence-corrected chi connectivity index (χ1v) is 6.05. The molecule has 5 heteroatoms. The highest BCUT2D eigenvalue weighted by Gasteiger charge is 2.10. The number of aromatic nitrogens is 2. The molecule has 0 saturated carbocycles. The highest BCUT2D eigenvalue weighted by Crippen LogP contribution is 2.27. The third kappa shape index (κ3) is 1.84. The molecule has 1 heterocycles. The van der Waals surface area contributed by atoms with Gasteiger partial charge in [-0.15, -0.1) is 0 Å². The zero-order valence-corrected chi connectivity index (χ0v) is 10.9. The summed E-state index contributed by atoms with van der Waals surface area (Å²) in [4.78, 5) is 0. The first-order chi connectivity index (χ1) is 9.72. The number of methoxy groups -OCH3 is 1. The summed E-state index contributed by atoms with van der Waals surface area (Å²) in [6.07, 6.45) is 0. The molecule has 0 radical (unpaired) electrons. The SMILES string of the molecule is COc1ccc2nn(-c3ccc(C#N)cc3)c(N)c2c1. The molecule has 0 atom stereocenters. The second-order valence-corrected chi connectivity index (χ2v) is 4.34. The van der Waals surface area contributed by atoms with E-state index in [0.717, 1.165) is 22.3 Å². The van der Waals surface area contributed by atoms with Crippen LogP contribution in [0.2, 0.25) is 0 Å². The highest BCUT2D eigenvalue weighted by molar-refractivity contribution is 5.91. The third-order valence-corrected chi connectivity index (χ3v) is 3.16. The minimum absolute atomic E-state index is 0.545. The van der Waals surface area contributed by atoms with Crippen LogP contribution in [-0.2, 0) is 0 Å². The standard InChI is InChI=1S/C15H12N4O/c1-20-12-6-7-14-13(8-12)15(17)19(18-14)11-4-2-10(9-16)3-5-11/h2-8H,17H2,1H3. The molecule has 20 heavy (non-hydrogen) atoms. The van der Waals surface area contributed by atoms with Crippen LogP contribution in [0.3, 0.4) is 0 Å². The quantitative estimate of drug-likeness (QED) is 0.771. The van der Waals surface area contributed by atoms with E-state index in [4.69, 9.17) is 15.7 Å². The van der Waals surface area contributed by atoms with E-state index in [-0.39, 0.29) is 0 Å². The van der Waals surface area contributed by atoms with Crippen LogP contribution in [0.5, 0.6) is 5.75 Å². The van der Waals surface area contributed by atoms with Crippen molar-refractivity contribution in [2.45, 2.75) is 0 Å². The number of rotatable bonds is 2. The van der Waals surface area contributed by atoms with Crippen LogP contribution in [0.25, 0.3) is 16.6 Å². The Morgan fingerprint density at radius 3 is 2.60 bits per heavy atom.